The van der Waals surface area contributed by atoms with Gasteiger partial charge in [0, 0.05) is 5.56 Å². The second-order valence-corrected chi connectivity index (χ2v) is 4.63. The molecule has 106 valence electrons. The van der Waals surface area contributed by atoms with Crippen molar-refractivity contribution >= 4 is 5.97 Å². The number of aromatic nitrogens is 2. The van der Waals surface area contributed by atoms with Gasteiger partial charge in [0.25, 0.3) is 0 Å². The normalized spacial score (nSPS) is 10.8. The first-order valence-electron chi connectivity index (χ1n) is 6.23. The van der Waals surface area contributed by atoms with Crippen LogP contribution in [0.15, 0.2) is 28.8 Å². The van der Waals surface area contributed by atoms with Gasteiger partial charge in [0.15, 0.2) is 0 Å². The largest absolute Gasteiger partial charge is 0.468 e. The predicted octanol–water partition coefficient (Wildman–Crippen LogP) is 1.65. The summed E-state index contributed by atoms with van der Waals surface area (Å²) < 4.78 is 9.78. The number of benzene rings is 1. The van der Waals surface area contributed by atoms with Gasteiger partial charge in [-0.3, -0.25) is 9.69 Å². The predicted molar refractivity (Wildman–Crippen MR) is 72.8 cm³/mol. The van der Waals surface area contributed by atoms with Gasteiger partial charge in [-0.1, -0.05) is 35.0 Å². The maximum Gasteiger partial charge on any atom is 0.319 e. The number of rotatable bonds is 5. The van der Waals surface area contributed by atoms with Crippen LogP contribution in [0.4, 0.5) is 0 Å². The summed E-state index contributed by atoms with van der Waals surface area (Å²) in [6, 6.07) is 7.88. The topological polar surface area (TPSA) is 68.5 Å². The zero-order valence-corrected chi connectivity index (χ0v) is 11.8. The lowest BCUT2D eigenvalue weighted by molar-refractivity contribution is -0.141. The van der Waals surface area contributed by atoms with E-state index in [9.17, 15) is 4.79 Å². The van der Waals surface area contributed by atoms with Crippen molar-refractivity contribution in [3.05, 3.63) is 35.7 Å². The van der Waals surface area contributed by atoms with Crippen LogP contribution in [0, 0.1) is 6.92 Å². The Labute approximate surface area is 117 Å². The molecule has 1 aromatic heterocycles. The number of hydrogen-bond acceptors (Lipinski definition) is 6. The molecule has 6 nitrogen and oxygen atoms in total. The van der Waals surface area contributed by atoms with Crippen molar-refractivity contribution in [3.8, 4) is 11.4 Å². The number of esters is 1. The summed E-state index contributed by atoms with van der Waals surface area (Å²) in [5.41, 5.74) is 2.08. The van der Waals surface area contributed by atoms with Crippen molar-refractivity contribution in [2.75, 3.05) is 20.7 Å². The van der Waals surface area contributed by atoms with Gasteiger partial charge in [0.05, 0.1) is 20.2 Å². The second kappa shape index (κ2) is 6.29. The van der Waals surface area contributed by atoms with E-state index >= 15 is 0 Å². The molecule has 0 unspecified atom stereocenters. The molecule has 0 amide bonds. The zero-order chi connectivity index (χ0) is 14.5. The number of ether oxygens (including phenoxy) is 1. The smallest absolute Gasteiger partial charge is 0.319 e. The Bertz CT molecular complexity index is 578. The molecule has 0 atom stereocenters. The molecular weight excluding hydrogens is 258 g/mol. The van der Waals surface area contributed by atoms with Crippen LogP contribution in [0.1, 0.15) is 11.5 Å². The maximum atomic E-state index is 11.1. The third-order valence-electron chi connectivity index (χ3n) is 2.81. The molecule has 0 spiro atoms. The molecule has 1 heterocycles. The Morgan fingerprint density at radius 1 is 1.35 bits per heavy atom. The van der Waals surface area contributed by atoms with Gasteiger partial charge in [-0.15, -0.1) is 0 Å². The van der Waals surface area contributed by atoms with Crippen LogP contribution >= 0.6 is 0 Å². The van der Waals surface area contributed by atoms with Crippen LogP contribution in [0.2, 0.25) is 0 Å². The van der Waals surface area contributed by atoms with E-state index in [-0.39, 0.29) is 12.5 Å². The molecule has 0 aliphatic carbocycles. The summed E-state index contributed by atoms with van der Waals surface area (Å²) in [5, 5.41) is 3.94. The summed E-state index contributed by atoms with van der Waals surface area (Å²) in [5.74, 6) is 0.712. The summed E-state index contributed by atoms with van der Waals surface area (Å²) >= 11 is 0. The fourth-order valence-electron chi connectivity index (χ4n) is 1.71. The average Bonchev–Trinajstić information content (AvgIpc) is 2.87. The SMILES string of the molecule is COC(=O)CN(C)Cc1nc(-c2ccc(C)cc2)no1. The Hall–Kier alpha value is -2.21. The van der Waals surface area contributed by atoms with Gasteiger partial charge in [0.2, 0.25) is 11.7 Å². The number of carbonyl (C=O) groups is 1. The molecule has 0 saturated heterocycles. The molecular formula is C14H17N3O3. The van der Waals surface area contributed by atoms with E-state index in [4.69, 9.17) is 4.52 Å². The molecule has 0 fully saturated rings. The summed E-state index contributed by atoms with van der Waals surface area (Å²) in [6.07, 6.45) is 0. The third-order valence-corrected chi connectivity index (χ3v) is 2.81. The molecule has 1 aromatic carbocycles. The Morgan fingerprint density at radius 3 is 2.70 bits per heavy atom. The van der Waals surface area contributed by atoms with Crippen LogP contribution in [-0.2, 0) is 16.1 Å². The minimum absolute atomic E-state index is 0.179. The fourth-order valence-corrected chi connectivity index (χ4v) is 1.71. The molecule has 20 heavy (non-hydrogen) atoms. The molecule has 0 N–H and O–H groups in total. The van der Waals surface area contributed by atoms with Crippen LogP contribution in [-0.4, -0.2) is 41.7 Å². The highest BCUT2D eigenvalue weighted by molar-refractivity contribution is 5.71. The van der Waals surface area contributed by atoms with E-state index in [1.165, 1.54) is 12.7 Å². The molecule has 0 saturated carbocycles. The van der Waals surface area contributed by atoms with E-state index in [0.29, 0.717) is 18.3 Å². The monoisotopic (exact) mass is 275 g/mol. The molecule has 0 radical (unpaired) electrons. The van der Waals surface area contributed by atoms with Crippen LogP contribution in [0.3, 0.4) is 0 Å². The number of methoxy groups -OCH3 is 1. The van der Waals surface area contributed by atoms with Crippen LogP contribution in [0.25, 0.3) is 11.4 Å². The van der Waals surface area contributed by atoms with E-state index in [0.717, 1.165) is 5.56 Å². The Balaban J connectivity index is 2.02. The highest BCUT2D eigenvalue weighted by atomic mass is 16.5. The number of carbonyl (C=O) groups excluding carboxylic acids is 1. The standard InChI is InChI=1S/C14H17N3O3/c1-10-4-6-11(7-5-10)14-15-12(20-16-14)8-17(2)9-13(18)19-3/h4-7H,8-9H2,1-3H3. The minimum atomic E-state index is -0.300. The number of aryl methyl sites for hydroxylation is 1. The Kier molecular flexibility index (Phi) is 4.47. The van der Waals surface area contributed by atoms with Gasteiger partial charge in [-0.2, -0.15) is 4.98 Å². The molecule has 0 aliphatic rings. The summed E-state index contributed by atoms with van der Waals surface area (Å²) in [7, 11) is 3.14. The third kappa shape index (κ3) is 3.64. The van der Waals surface area contributed by atoms with E-state index < -0.39 is 0 Å². The molecule has 2 rings (SSSR count). The first-order chi connectivity index (χ1) is 9.58. The van der Waals surface area contributed by atoms with Crippen molar-refractivity contribution in [1.82, 2.24) is 15.0 Å². The van der Waals surface area contributed by atoms with Gasteiger partial charge in [0.1, 0.15) is 0 Å². The molecule has 0 aliphatic heterocycles. The average molecular weight is 275 g/mol. The van der Waals surface area contributed by atoms with E-state index in [1.807, 2.05) is 31.2 Å². The van der Waals surface area contributed by atoms with Crippen molar-refractivity contribution in [1.29, 1.82) is 0 Å². The lowest BCUT2D eigenvalue weighted by Crippen LogP contribution is -2.26. The van der Waals surface area contributed by atoms with Crippen molar-refractivity contribution in [2.24, 2.45) is 0 Å². The van der Waals surface area contributed by atoms with Gasteiger partial charge in [-0.25, -0.2) is 0 Å². The van der Waals surface area contributed by atoms with Crippen molar-refractivity contribution < 1.29 is 14.1 Å². The number of hydrogen-bond donors (Lipinski definition) is 0. The number of nitrogens with zero attached hydrogens (tertiary/aromatic N) is 3. The van der Waals surface area contributed by atoms with E-state index in [1.54, 1.807) is 11.9 Å². The van der Waals surface area contributed by atoms with E-state index in [2.05, 4.69) is 14.9 Å². The molecule has 0 bridgehead atoms. The summed E-state index contributed by atoms with van der Waals surface area (Å²) in [6.45, 7) is 2.60. The minimum Gasteiger partial charge on any atom is -0.468 e. The quantitative estimate of drug-likeness (QED) is 0.773. The first kappa shape index (κ1) is 14.2. The lowest BCUT2D eigenvalue weighted by atomic mass is 10.1. The first-order valence-corrected chi connectivity index (χ1v) is 6.23. The fraction of sp³-hybridized carbons (Fsp3) is 0.357. The van der Waals surface area contributed by atoms with Crippen molar-refractivity contribution in [2.45, 2.75) is 13.5 Å². The highest BCUT2D eigenvalue weighted by Crippen LogP contribution is 2.16. The second-order valence-electron chi connectivity index (χ2n) is 4.63. The number of likely N-dealkylation sites (N-methyl/N-ethyl adjacent to an activating group) is 1. The van der Waals surface area contributed by atoms with Crippen LogP contribution < -0.4 is 0 Å². The lowest BCUT2D eigenvalue weighted by Gasteiger charge is -2.11. The van der Waals surface area contributed by atoms with Crippen molar-refractivity contribution in [3.63, 3.8) is 0 Å². The van der Waals surface area contributed by atoms with Gasteiger partial charge in [-0.05, 0) is 14.0 Å². The van der Waals surface area contributed by atoms with Crippen LogP contribution in [0.5, 0.6) is 0 Å². The highest BCUT2D eigenvalue weighted by Gasteiger charge is 2.12. The zero-order valence-electron chi connectivity index (χ0n) is 11.8. The van der Waals surface area contributed by atoms with Gasteiger partial charge >= 0.3 is 5.97 Å². The molecule has 2 aromatic rings. The summed E-state index contributed by atoms with van der Waals surface area (Å²) in [4.78, 5) is 17.2. The Morgan fingerprint density at radius 2 is 2.05 bits per heavy atom. The maximum absolute atomic E-state index is 11.1. The van der Waals surface area contributed by atoms with Gasteiger partial charge < -0.3 is 9.26 Å². The molecule has 6 heteroatoms.